The first-order chi connectivity index (χ1) is 8.79. The van der Waals surface area contributed by atoms with Crippen LogP contribution in [0.5, 0.6) is 0 Å². The van der Waals surface area contributed by atoms with Gasteiger partial charge in [0.1, 0.15) is 0 Å². The smallest absolute Gasteiger partial charge is 0.222 e. The van der Waals surface area contributed by atoms with Crippen LogP contribution in [0.2, 0.25) is 0 Å². The highest BCUT2D eigenvalue weighted by molar-refractivity contribution is 5.76. The molecule has 1 N–H and O–H groups in total. The molecular formula is C15H21NO2. The molecule has 1 aliphatic heterocycles. The highest BCUT2D eigenvalue weighted by Gasteiger charge is 2.24. The minimum Gasteiger partial charge on any atom is -0.396 e. The van der Waals surface area contributed by atoms with Gasteiger partial charge in [0.25, 0.3) is 0 Å². The Kier molecular flexibility index (Phi) is 4.76. The number of aliphatic hydroxyl groups excluding tert-OH is 1. The van der Waals surface area contributed by atoms with Crippen molar-refractivity contribution in [1.82, 2.24) is 4.90 Å². The van der Waals surface area contributed by atoms with Crippen LogP contribution in [0.25, 0.3) is 0 Å². The molecule has 3 heteroatoms. The molecule has 2 rings (SSSR count). The summed E-state index contributed by atoms with van der Waals surface area (Å²) >= 11 is 0. The predicted molar refractivity (Wildman–Crippen MR) is 71.2 cm³/mol. The van der Waals surface area contributed by atoms with Crippen molar-refractivity contribution in [3.8, 4) is 0 Å². The number of nitrogens with zero attached hydrogens (tertiary/aromatic N) is 1. The number of likely N-dealkylation sites (tertiary alicyclic amines) is 1. The fourth-order valence-corrected chi connectivity index (χ4v) is 2.45. The van der Waals surface area contributed by atoms with Crippen molar-refractivity contribution in [2.24, 2.45) is 5.92 Å². The lowest BCUT2D eigenvalue weighted by atomic mass is 10.1. The summed E-state index contributed by atoms with van der Waals surface area (Å²) in [6.45, 7) is 1.75. The molecule has 1 aromatic rings. The van der Waals surface area contributed by atoms with Gasteiger partial charge in [0, 0.05) is 32.0 Å². The van der Waals surface area contributed by atoms with Gasteiger partial charge >= 0.3 is 0 Å². The van der Waals surface area contributed by atoms with Gasteiger partial charge in [-0.05, 0) is 24.8 Å². The second-order valence-corrected chi connectivity index (χ2v) is 5.02. The van der Waals surface area contributed by atoms with E-state index in [0.29, 0.717) is 12.3 Å². The number of carbonyl (C=O) groups excluding carboxylic acids is 1. The van der Waals surface area contributed by atoms with Crippen molar-refractivity contribution in [2.75, 3.05) is 19.7 Å². The summed E-state index contributed by atoms with van der Waals surface area (Å²) < 4.78 is 0. The molecule has 98 valence electrons. The van der Waals surface area contributed by atoms with E-state index < -0.39 is 0 Å². The predicted octanol–water partition coefficient (Wildman–Crippen LogP) is 1.85. The molecule has 0 radical (unpaired) electrons. The van der Waals surface area contributed by atoms with Crippen molar-refractivity contribution in [3.05, 3.63) is 35.9 Å². The van der Waals surface area contributed by atoms with Gasteiger partial charge in [0.2, 0.25) is 5.91 Å². The average Bonchev–Trinajstić information content (AvgIpc) is 2.89. The highest BCUT2D eigenvalue weighted by atomic mass is 16.3. The van der Waals surface area contributed by atoms with Crippen LogP contribution in [0, 0.1) is 5.92 Å². The summed E-state index contributed by atoms with van der Waals surface area (Å²) in [6.07, 6.45) is 3.43. The molecule has 0 saturated carbocycles. The second kappa shape index (κ2) is 6.55. The molecule has 0 bridgehead atoms. The highest BCUT2D eigenvalue weighted by Crippen LogP contribution is 2.17. The van der Waals surface area contributed by atoms with Crippen molar-refractivity contribution in [1.29, 1.82) is 0 Å². The van der Waals surface area contributed by atoms with Crippen LogP contribution in [0.15, 0.2) is 30.3 Å². The quantitative estimate of drug-likeness (QED) is 0.862. The van der Waals surface area contributed by atoms with Crippen molar-refractivity contribution in [2.45, 2.75) is 25.7 Å². The van der Waals surface area contributed by atoms with Crippen LogP contribution in [-0.4, -0.2) is 35.6 Å². The third-order valence-electron chi connectivity index (χ3n) is 3.60. The first kappa shape index (κ1) is 13.1. The van der Waals surface area contributed by atoms with Gasteiger partial charge in [-0.1, -0.05) is 30.3 Å². The molecule has 0 spiro atoms. The van der Waals surface area contributed by atoms with Crippen molar-refractivity contribution in [3.63, 3.8) is 0 Å². The SMILES string of the molecule is O=C(CCCc1ccccc1)N1CCC(CO)C1. The van der Waals surface area contributed by atoms with E-state index in [2.05, 4.69) is 12.1 Å². The largest absolute Gasteiger partial charge is 0.396 e. The first-order valence-corrected chi connectivity index (χ1v) is 6.72. The van der Waals surface area contributed by atoms with Crippen LogP contribution < -0.4 is 0 Å². The Balaban J connectivity index is 1.69. The maximum absolute atomic E-state index is 11.9. The third-order valence-corrected chi connectivity index (χ3v) is 3.60. The number of hydrogen-bond donors (Lipinski definition) is 1. The minimum absolute atomic E-state index is 0.202. The van der Waals surface area contributed by atoms with Crippen LogP contribution >= 0.6 is 0 Å². The average molecular weight is 247 g/mol. The molecule has 3 nitrogen and oxygen atoms in total. The van der Waals surface area contributed by atoms with Crippen LogP contribution in [0.3, 0.4) is 0 Å². The van der Waals surface area contributed by atoms with Gasteiger partial charge in [0.15, 0.2) is 0 Å². The van der Waals surface area contributed by atoms with E-state index in [-0.39, 0.29) is 12.5 Å². The Morgan fingerprint density at radius 3 is 2.78 bits per heavy atom. The molecule has 0 aliphatic carbocycles. The molecule has 1 amide bonds. The van der Waals surface area contributed by atoms with E-state index in [0.717, 1.165) is 32.4 Å². The fraction of sp³-hybridized carbons (Fsp3) is 0.533. The molecule has 1 saturated heterocycles. The zero-order valence-corrected chi connectivity index (χ0v) is 10.7. The monoisotopic (exact) mass is 247 g/mol. The summed E-state index contributed by atoms with van der Waals surface area (Å²) in [5, 5.41) is 9.05. The zero-order chi connectivity index (χ0) is 12.8. The van der Waals surface area contributed by atoms with Crippen molar-refractivity contribution < 1.29 is 9.90 Å². The van der Waals surface area contributed by atoms with Gasteiger partial charge in [0.05, 0.1) is 0 Å². The summed E-state index contributed by atoms with van der Waals surface area (Å²) in [7, 11) is 0. The van der Waals surface area contributed by atoms with Crippen molar-refractivity contribution >= 4 is 5.91 Å². The number of amides is 1. The number of aliphatic hydroxyl groups is 1. The van der Waals surface area contributed by atoms with Gasteiger partial charge < -0.3 is 10.0 Å². The van der Waals surface area contributed by atoms with Gasteiger partial charge in [-0.3, -0.25) is 4.79 Å². The Bertz CT molecular complexity index is 377. The Morgan fingerprint density at radius 1 is 1.33 bits per heavy atom. The van der Waals surface area contributed by atoms with E-state index in [1.807, 2.05) is 23.1 Å². The number of benzene rings is 1. The lowest BCUT2D eigenvalue weighted by Gasteiger charge is -2.16. The molecule has 1 unspecified atom stereocenters. The van der Waals surface area contributed by atoms with E-state index >= 15 is 0 Å². The number of rotatable bonds is 5. The summed E-state index contributed by atoms with van der Waals surface area (Å²) in [4.78, 5) is 13.8. The van der Waals surface area contributed by atoms with Crippen LogP contribution in [-0.2, 0) is 11.2 Å². The Labute approximate surface area is 108 Å². The van der Waals surface area contributed by atoms with E-state index in [1.54, 1.807) is 0 Å². The van der Waals surface area contributed by atoms with E-state index in [4.69, 9.17) is 5.11 Å². The molecule has 1 atom stereocenters. The Morgan fingerprint density at radius 2 is 2.11 bits per heavy atom. The molecule has 1 heterocycles. The maximum Gasteiger partial charge on any atom is 0.222 e. The number of hydrogen-bond acceptors (Lipinski definition) is 2. The Hall–Kier alpha value is -1.35. The minimum atomic E-state index is 0.202. The summed E-state index contributed by atoms with van der Waals surface area (Å²) in [6, 6.07) is 10.3. The summed E-state index contributed by atoms with van der Waals surface area (Å²) in [5.41, 5.74) is 1.29. The standard InChI is InChI=1S/C15H21NO2/c17-12-14-9-10-16(11-14)15(18)8-4-7-13-5-2-1-3-6-13/h1-3,5-6,14,17H,4,7-12H2. The zero-order valence-electron chi connectivity index (χ0n) is 10.7. The molecular weight excluding hydrogens is 226 g/mol. The summed E-state index contributed by atoms with van der Waals surface area (Å²) in [5.74, 6) is 0.532. The van der Waals surface area contributed by atoms with E-state index in [9.17, 15) is 4.79 Å². The molecule has 1 aromatic carbocycles. The van der Waals surface area contributed by atoms with E-state index in [1.165, 1.54) is 5.56 Å². The second-order valence-electron chi connectivity index (χ2n) is 5.02. The fourth-order valence-electron chi connectivity index (χ4n) is 2.45. The lowest BCUT2D eigenvalue weighted by Crippen LogP contribution is -2.28. The van der Waals surface area contributed by atoms with Gasteiger partial charge in [-0.15, -0.1) is 0 Å². The topological polar surface area (TPSA) is 40.5 Å². The normalized spacial score (nSPS) is 19.2. The third kappa shape index (κ3) is 3.57. The number of carbonyl (C=O) groups is 1. The first-order valence-electron chi connectivity index (χ1n) is 6.72. The van der Waals surface area contributed by atoms with Gasteiger partial charge in [-0.25, -0.2) is 0 Å². The molecule has 18 heavy (non-hydrogen) atoms. The molecule has 1 fully saturated rings. The maximum atomic E-state index is 11.9. The number of aryl methyl sites for hydroxylation is 1. The lowest BCUT2D eigenvalue weighted by molar-refractivity contribution is -0.130. The molecule has 0 aromatic heterocycles. The van der Waals surface area contributed by atoms with Gasteiger partial charge in [-0.2, -0.15) is 0 Å². The van der Waals surface area contributed by atoms with Crippen LogP contribution in [0.1, 0.15) is 24.8 Å². The van der Waals surface area contributed by atoms with Crippen LogP contribution in [0.4, 0.5) is 0 Å². The molecule has 1 aliphatic rings.